The van der Waals surface area contributed by atoms with Crippen molar-refractivity contribution in [2.24, 2.45) is 35.6 Å². The predicted octanol–water partition coefficient (Wildman–Crippen LogP) is 4.22. The molecule has 0 aromatic carbocycles. The van der Waals surface area contributed by atoms with Gasteiger partial charge in [0.2, 0.25) is 0 Å². The second-order valence-electron chi connectivity index (χ2n) is 13.2. The van der Waals surface area contributed by atoms with E-state index >= 15 is 0 Å². The zero-order valence-corrected chi connectivity index (χ0v) is 24.3. The molecule has 0 unspecified atom stereocenters. The summed E-state index contributed by atoms with van der Waals surface area (Å²) in [5.74, 6) is -2.08. The number of fused-ring (bicyclic) bond motifs is 3. The Labute approximate surface area is 225 Å². The molecular formula is C30H42N2O6. The smallest absolute Gasteiger partial charge is 0.342 e. The minimum absolute atomic E-state index is 0.0446. The third-order valence-electron chi connectivity index (χ3n) is 10.2. The van der Waals surface area contributed by atoms with Crippen LogP contribution in [-0.4, -0.2) is 56.8 Å². The van der Waals surface area contributed by atoms with Gasteiger partial charge < -0.3 is 19.3 Å². The monoisotopic (exact) mass is 526 g/mol. The van der Waals surface area contributed by atoms with Gasteiger partial charge in [0.15, 0.2) is 23.3 Å². The first-order valence-electron chi connectivity index (χ1n) is 13.7. The molecule has 1 aromatic rings. The van der Waals surface area contributed by atoms with Crippen molar-refractivity contribution in [3.05, 3.63) is 40.2 Å². The maximum absolute atomic E-state index is 14.8. The summed E-state index contributed by atoms with van der Waals surface area (Å²) in [6, 6.07) is 0. The average molecular weight is 527 g/mol. The highest BCUT2D eigenvalue weighted by Gasteiger charge is 2.74. The van der Waals surface area contributed by atoms with Crippen LogP contribution in [0.5, 0.6) is 0 Å². The largest absolute Gasteiger partial charge is 0.451 e. The van der Waals surface area contributed by atoms with Gasteiger partial charge in [-0.2, -0.15) is 5.10 Å². The Bertz CT molecular complexity index is 1270. The van der Waals surface area contributed by atoms with Crippen LogP contribution in [0.25, 0.3) is 0 Å². The van der Waals surface area contributed by atoms with Gasteiger partial charge in [0.25, 0.3) is 0 Å². The Morgan fingerprint density at radius 1 is 1.16 bits per heavy atom. The minimum Gasteiger partial charge on any atom is -0.451 e. The molecule has 8 nitrogen and oxygen atoms in total. The molecule has 2 fully saturated rings. The van der Waals surface area contributed by atoms with Crippen LogP contribution in [0.15, 0.2) is 23.3 Å². The summed E-state index contributed by atoms with van der Waals surface area (Å²) in [6.45, 7) is 17.7. The molecule has 8 heteroatoms. The van der Waals surface area contributed by atoms with Crippen LogP contribution in [0.2, 0.25) is 0 Å². The molecule has 0 radical (unpaired) electrons. The zero-order chi connectivity index (χ0) is 28.2. The van der Waals surface area contributed by atoms with E-state index in [1.54, 1.807) is 32.5 Å². The second-order valence-corrected chi connectivity index (χ2v) is 13.2. The number of aliphatic hydroxyl groups is 1. The van der Waals surface area contributed by atoms with Crippen molar-refractivity contribution in [2.45, 2.75) is 92.3 Å². The molecule has 4 aliphatic rings. The third kappa shape index (κ3) is 3.42. The average Bonchev–Trinajstić information content (AvgIpc) is 3.16. The van der Waals surface area contributed by atoms with E-state index in [1.165, 1.54) is 0 Å². The van der Waals surface area contributed by atoms with Crippen molar-refractivity contribution in [1.82, 2.24) is 9.78 Å². The van der Waals surface area contributed by atoms with Gasteiger partial charge in [-0.1, -0.05) is 39.8 Å². The first-order chi connectivity index (χ1) is 17.5. The molecule has 208 valence electrons. The van der Waals surface area contributed by atoms with E-state index in [2.05, 4.69) is 25.9 Å². The topological polar surface area (TPSA) is 99.9 Å². The van der Waals surface area contributed by atoms with Crippen molar-refractivity contribution >= 4 is 11.8 Å². The fraction of sp³-hybridized carbons (Fsp3) is 0.700. The number of ketones is 1. The molecule has 2 bridgehead atoms. The zero-order valence-electron chi connectivity index (χ0n) is 24.3. The molecule has 38 heavy (non-hydrogen) atoms. The summed E-state index contributed by atoms with van der Waals surface area (Å²) in [4.78, 5) is 28.5. The van der Waals surface area contributed by atoms with Crippen LogP contribution >= 0.6 is 0 Å². The normalized spacial score (nSPS) is 39.3. The number of nitrogens with zero attached hydrogens (tertiary/aromatic N) is 2. The number of aryl methyl sites for hydroxylation is 2. The molecule has 5 rings (SSSR count). The predicted molar refractivity (Wildman–Crippen MR) is 141 cm³/mol. The van der Waals surface area contributed by atoms with E-state index in [0.717, 1.165) is 12.0 Å². The van der Waals surface area contributed by atoms with Crippen LogP contribution in [0, 0.1) is 42.4 Å². The lowest BCUT2D eigenvalue weighted by Gasteiger charge is -2.52. The van der Waals surface area contributed by atoms with Gasteiger partial charge in [0.1, 0.15) is 11.7 Å². The van der Waals surface area contributed by atoms with Gasteiger partial charge in [0, 0.05) is 18.7 Å². The molecule has 1 spiro atoms. The highest BCUT2D eigenvalue weighted by atomic mass is 16.7. The van der Waals surface area contributed by atoms with Gasteiger partial charge >= 0.3 is 5.97 Å². The Kier molecular flexibility index (Phi) is 6.00. The Hall–Kier alpha value is -2.29. The number of carbonyl (C=O) groups excluding carboxylic acids is 2. The number of ether oxygens (including phenoxy) is 3. The Morgan fingerprint density at radius 2 is 1.82 bits per heavy atom. The first kappa shape index (κ1) is 27.3. The number of allylic oxidation sites excluding steroid dienone is 1. The highest BCUT2D eigenvalue weighted by Crippen LogP contribution is 2.63. The summed E-state index contributed by atoms with van der Waals surface area (Å²) in [5, 5.41) is 17.5. The summed E-state index contributed by atoms with van der Waals surface area (Å²) < 4.78 is 20.4. The molecule has 0 amide bonds. The highest BCUT2D eigenvalue weighted by molar-refractivity contribution is 5.96. The fourth-order valence-electron chi connectivity index (χ4n) is 7.60. The molecule has 7 atom stereocenters. The van der Waals surface area contributed by atoms with E-state index in [-0.39, 0.29) is 29.6 Å². The van der Waals surface area contributed by atoms with Crippen molar-refractivity contribution in [1.29, 1.82) is 0 Å². The number of aromatic nitrogens is 2. The molecule has 2 heterocycles. The van der Waals surface area contributed by atoms with Crippen molar-refractivity contribution < 1.29 is 28.9 Å². The van der Waals surface area contributed by atoms with Crippen LogP contribution in [-0.2, 0) is 26.1 Å². The van der Waals surface area contributed by atoms with Gasteiger partial charge in [0.05, 0.1) is 17.7 Å². The van der Waals surface area contributed by atoms with E-state index in [4.69, 9.17) is 14.2 Å². The van der Waals surface area contributed by atoms with E-state index in [0.29, 0.717) is 22.5 Å². The van der Waals surface area contributed by atoms with Gasteiger partial charge in [-0.25, -0.2) is 4.79 Å². The van der Waals surface area contributed by atoms with Crippen LogP contribution < -0.4 is 0 Å². The third-order valence-corrected chi connectivity index (χ3v) is 10.2. The number of Topliss-reactive ketones (excluding diaryl/α,β-unsaturated/α-hetero) is 1. The lowest BCUT2D eigenvalue weighted by Crippen LogP contribution is -2.68. The van der Waals surface area contributed by atoms with Crippen LogP contribution in [0.1, 0.15) is 76.6 Å². The summed E-state index contributed by atoms with van der Waals surface area (Å²) >= 11 is 0. The number of hydrogen-bond donors (Lipinski definition) is 1. The standard InChI is InChI=1S/C30H42N2O6/c1-15-13-29-17(3)11-16(2)27(6,7)21(23(29)33)12-20-14-36-28(8,9)38-25(20)30(29,35)24(15)37-26(34)22-18(4)31-32(10)19(22)5/h12-13,16-17,21,24-25,35H,11,14H2,1-10H3/t16-,17-,21-,24+,25-,29+,30-/m1/s1. The van der Waals surface area contributed by atoms with Gasteiger partial charge in [-0.15, -0.1) is 0 Å². The van der Waals surface area contributed by atoms with Gasteiger partial charge in [-0.3, -0.25) is 9.48 Å². The fourth-order valence-corrected chi connectivity index (χ4v) is 7.60. The number of esters is 1. The van der Waals surface area contributed by atoms with E-state index in [9.17, 15) is 14.7 Å². The maximum Gasteiger partial charge on any atom is 0.342 e. The van der Waals surface area contributed by atoms with Crippen molar-refractivity contribution in [3.63, 3.8) is 0 Å². The minimum atomic E-state index is -1.85. The van der Waals surface area contributed by atoms with E-state index < -0.39 is 40.9 Å². The summed E-state index contributed by atoms with van der Waals surface area (Å²) in [6.07, 6.45) is 2.63. The first-order valence-corrected chi connectivity index (χ1v) is 13.7. The molecular weight excluding hydrogens is 484 g/mol. The molecule has 3 aliphatic carbocycles. The summed E-state index contributed by atoms with van der Waals surface area (Å²) in [7, 11) is 1.78. The molecule has 1 aromatic heterocycles. The van der Waals surface area contributed by atoms with Crippen LogP contribution in [0.3, 0.4) is 0 Å². The second kappa shape index (κ2) is 8.35. The molecule has 1 saturated heterocycles. The lowest BCUT2D eigenvalue weighted by molar-refractivity contribution is -0.302. The number of rotatable bonds is 2. The number of hydrogen-bond acceptors (Lipinski definition) is 7. The van der Waals surface area contributed by atoms with Crippen molar-refractivity contribution in [2.75, 3.05) is 6.61 Å². The lowest BCUT2D eigenvalue weighted by atomic mass is 9.59. The van der Waals surface area contributed by atoms with E-state index in [1.807, 2.05) is 32.9 Å². The molecule has 1 aliphatic heterocycles. The molecule has 1 N–H and O–H groups in total. The SMILES string of the molecule is CC1=C[C@]23C(=O)[C@@H](C=C4COC(C)(C)O[C@H]4[C@]2(O)[C@H]1OC(=O)c1c(C)nn(C)c1C)C(C)(C)[C@H](C)C[C@H]3C. The Balaban J connectivity index is 1.72. The van der Waals surface area contributed by atoms with Crippen molar-refractivity contribution in [3.8, 4) is 0 Å². The number of carbonyl (C=O) groups is 2. The van der Waals surface area contributed by atoms with Gasteiger partial charge in [-0.05, 0) is 69.4 Å². The Morgan fingerprint density at radius 3 is 2.42 bits per heavy atom. The molecule has 1 saturated carbocycles. The van der Waals surface area contributed by atoms with Crippen LogP contribution in [0.4, 0.5) is 0 Å². The summed E-state index contributed by atoms with van der Waals surface area (Å²) in [5.41, 5.74) is -0.538. The quantitative estimate of drug-likeness (QED) is 0.455. The maximum atomic E-state index is 14.8.